The van der Waals surface area contributed by atoms with Gasteiger partial charge in [0.05, 0.1) is 6.04 Å². The average molecular weight is 283 g/mol. The van der Waals surface area contributed by atoms with Crippen molar-refractivity contribution in [2.75, 3.05) is 33.7 Å². The Labute approximate surface area is 120 Å². The van der Waals surface area contributed by atoms with Crippen molar-refractivity contribution in [2.24, 2.45) is 0 Å². The third kappa shape index (κ3) is 3.07. The van der Waals surface area contributed by atoms with E-state index in [-0.39, 0.29) is 6.04 Å². The van der Waals surface area contributed by atoms with Crippen LogP contribution in [0.4, 0.5) is 0 Å². The van der Waals surface area contributed by atoms with E-state index in [0.717, 1.165) is 36.7 Å². The number of likely N-dealkylation sites (N-methyl/N-ethyl adjacent to an activating group) is 2. The highest BCUT2D eigenvalue weighted by molar-refractivity contribution is 6.30. The van der Waals surface area contributed by atoms with Crippen LogP contribution in [0.15, 0.2) is 0 Å². The maximum absolute atomic E-state index is 6.35. The van der Waals surface area contributed by atoms with E-state index >= 15 is 0 Å². The SMILES string of the molecule is Cc1nc(C2CN(C)CCN2C)nc(Cl)c1C(C)C. The third-order valence-electron chi connectivity index (χ3n) is 3.83. The summed E-state index contributed by atoms with van der Waals surface area (Å²) in [6, 6.07) is 0.233. The number of aryl methyl sites for hydroxylation is 1. The number of hydrogen-bond donors (Lipinski definition) is 0. The first-order chi connectivity index (χ1) is 8.90. The summed E-state index contributed by atoms with van der Waals surface area (Å²) in [7, 11) is 4.26. The van der Waals surface area contributed by atoms with Crippen molar-refractivity contribution in [3.8, 4) is 0 Å². The second kappa shape index (κ2) is 5.73. The third-order valence-corrected chi connectivity index (χ3v) is 4.12. The fourth-order valence-electron chi connectivity index (χ4n) is 2.66. The van der Waals surface area contributed by atoms with Gasteiger partial charge in [-0.1, -0.05) is 25.4 Å². The summed E-state index contributed by atoms with van der Waals surface area (Å²) in [5, 5.41) is 0.610. The maximum Gasteiger partial charge on any atom is 0.148 e. The molecule has 1 aliphatic heterocycles. The molecule has 0 bridgehead atoms. The summed E-state index contributed by atoms with van der Waals surface area (Å²) in [6.07, 6.45) is 0. The van der Waals surface area contributed by atoms with Crippen molar-refractivity contribution < 1.29 is 0 Å². The van der Waals surface area contributed by atoms with Gasteiger partial charge < -0.3 is 4.90 Å². The van der Waals surface area contributed by atoms with Gasteiger partial charge in [0.1, 0.15) is 11.0 Å². The highest BCUT2D eigenvalue weighted by Crippen LogP contribution is 2.28. The fourth-order valence-corrected chi connectivity index (χ4v) is 3.10. The van der Waals surface area contributed by atoms with E-state index in [1.807, 2.05) is 6.92 Å². The molecule has 1 unspecified atom stereocenters. The smallest absolute Gasteiger partial charge is 0.148 e. The molecule has 1 atom stereocenters. The zero-order valence-electron chi connectivity index (χ0n) is 12.4. The van der Waals surface area contributed by atoms with Gasteiger partial charge >= 0.3 is 0 Å². The van der Waals surface area contributed by atoms with Gasteiger partial charge in [-0.25, -0.2) is 9.97 Å². The van der Waals surface area contributed by atoms with Crippen LogP contribution in [0.1, 0.15) is 42.9 Å². The van der Waals surface area contributed by atoms with Gasteiger partial charge in [0.2, 0.25) is 0 Å². The van der Waals surface area contributed by atoms with Crippen LogP contribution in [-0.2, 0) is 0 Å². The number of nitrogens with zero attached hydrogens (tertiary/aromatic N) is 4. The average Bonchev–Trinajstić information content (AvgIpc) is 2.30. The van der Waals surface area contributed by atoms with E-state index < -0.39 is 0 Å². The Balaban J connectivity index is 2.35. The Morgan fingerprint density at radius 2 is 1.89 bits per heavy atom. The molecule has 1 fully saturated rings. The predicted octanol–water partition coefficient (Wildman–Crippen LogP) is 2.48. The zero-order valence-corrected chi connectivity index (χ0v) is 13.2. The maximum atomic E-state index is 6.35. The second-order valence-electron chi connectivity index (χ2n) is 5.79. The first-order valence-corrected chi connectivity index (χ1v) is 7.20. The number of hydrogen-bond acceptors (Lipinski definition) is 4. The van der Waals surface area contributed by atoms with E-state index in [9.17, 15) is 0 Å². The van der Waals surface area contributed by atoms with E-state index in [1.54, 1.807) is 0 Å². The van der Waals surface area contributed by atoms with Crippen LogP contribution in [0.3, 0.4) is 0 Å². The minimum absolute atomic E-state index is 0.233. The number of piperazine rings is 1. The normalized spacial score (nSPS) is 22.2. The molecule has 1 saturated heterocycles. The summed E-state index contributed by atoms with van der Waals surface area (Å²) in [4.78, 5) is 13.9. The summed E-state index contributed by atoms with van der Waals surface area (Å²) in [6.45, 7) is 9.35. The molecule has 1 aliphatic rings. The minimum atomic E-state index is 0.233. The highest BCUT2D eigenvalue weighted by atomic mass is 35.5. The standard InChI is InChI=1S/C14H23ClN4/c1-9(2)12-10(3)16-14(17-13(12)15)11-8-18(4)6-7-19(11)5/h9,11H,6-8H2,1-5H3. The lowest BCUT2D eigenvalue weighted by Crippen LogP contribution is -2.45. The lowest BCUT2D eigenvalue weighted by atomic mass is 10.0. The zero-order chi connectivity index (χ0) is 14.2. The molecule has 0 aliphatic carbocycles. The van der Waals surface area contributed by atoms with Crippen LogP contribution in [0.2, 0.25) is 5.15 Å². The topological polar surface area (TPSA) is 32.3 Å². The first kappa shape index (κ1) is 14.7. The summed E-state index contributed by atoms with van der Waals surface area (Å²) in [5.41, 5.74) is 2.07. The molecule has 2 rings (SSSR count). The molecule has 106 valence electrons. The number of rotatable bonds is 2. The molecule has 1 aromatic rings. The molecule has 1 aromatic heterocycles. The summed E-state index contributed by atoms with van der Waals surface area (Å²) < 4.78 is 0. The van der Waals surface area contributed by atoms with Crippen LogP contribution >= 0.6 is 11.6 Å². The number of halogens is 1. The van der Waals surface area contributed by atoms with E-state index in [2.05, 4.69) is 42.7 Å². The molecule has 0 aromatic carbocycles. The largest absolute Gasteiger partial charge is 0.303 e. The molecule has 0 spiro atoms. The van der Waals surface area contributed by atoms with Gasteiger partial charge in [-0.3, -0.25) is 4.90 Å². The van der Waals surface area contributed by atoms with E-state index in [0.29, 0.717) is 11.1 Å². The van der Waals surface area contributed by atoms with Crippen LogP contribution in [0, 0.1) is 6.92 Å². The molecule has 0 N–H and O–H groups in total. The lowest BCUT2D eigenvalue weighted by molar-refractivity contribution is 0.109. The molecular formula is C14H23ClN4. The highest BCUT2D eigenvalue weighted by Gasteiger charge is 2.27. The Hall–Kier alpha value is -0.710. The molecule has 0 saturated carbocycles. The Kier molecular flexibility index (Phi) is 4.43. The Bertz CT molecular complexity index is 438. The van der Waals surface area contributed by atoms with Gasteiger partial charge in [-0.2, -0.15) is 0 Å². The quantitative estimate of drug-likeness (QED) is 0.780. The van der Waals surface area contributed by atoms with Gasteiger partial charge in [0.15, 0.2) is 0 Å². The molecule has 0 amide bonds. The predicted molar refractivity (Wildman–Crippen MR) is 78.7 cm³/mol. The monoisotopic (exact) mass is 282 g/mol. The van der Waals surface area contributed by atoms with E-state index in [4.69, 9.17) is 16.6 Å². The van der Waals surface area contributed by atoms with Crippen molar-refractivity contribution in [3.63, 3.8) is 0 Å². The molecule has 2 heterocycles. The molecular weight excluding hydrogens is 260 g/mol. The fraction of sp³-hybridized carbons (Fsp3) is 0.714. The van der Waals surface area contributed by atoms with Crippen molar-refractivity contribution in [3.05, 3.63) is 22.2 Å². The van der Waals surface area contributed by atoms with Crippen LogP contribution in [0.5, 0.6) is 0 Å². The van der Waals surface area contributed by atoms with Crippen LogP contribution in [0.25, 0.3) is 0 Å². The molecule has 19 heavy (non-hydrogen) atoms. The Morgan fingerprint density at radius 1 is 1.21 bits per heavy atom. The van der Waals surface area contributed by atoms with E-state index in [1.165, 1.54) is 0 Å². The van der Waals surface area contributed by atoms with Gasteiger partial charge in [-0.05, 0) is 26.9 Å². The molecule has 4 nitrogen and oxygen atoms in total. The summed E-state index contributed by atoms with van der Waals surface area (Å²) in [5.74, 6) is 1.20. The van der Waals surface area contributed by atoms with Gasteiger partial charge in [0.25, 0.3) is 0 Å². The van der Waals surface area contributed by atoms with Crippen LogP contribution in [-0.4, -0.2) is 53.5 Å². The lowest BCUT2D eigenvalue weighted by Gasteiger charge is -2.36. The van der Waals surface area contributed by atoms with Gasteiger partial charge in [0, 0.05) is 30.9 Å². The first-order valence-electron chi connectivity index (χ1n) is 6.83. The van der Waals surface area contributed by atoms with Crippen molar-refractivity contribution >= 4 is 11.6 Å². The number of aromatic nitrogens is 2. The van der Waals surface area contributed by atoms with Crippen molar-refractivity contribution in [1.82, 2.24) is 19.8 Å². The van der Waals surface area contributed by atoms with Crippen LogP contribution < -0.4 is 0 Å². The molecule has 5 heteroatoms. The second-order valence-corrected chi connectivity index (χ2v) is 6.14. The molecule has 0 radical (unpaired) electrons. The summed E-state index contributed by atoms with van der Waals surface area (Å²) >= 11 is 6.35. The van der Waals surface area contributed by atoms with Crippen molar-refractivity contribution in [2.45, 2.75) is 32.7 Å². The minimum Gasteiger partial charge on any atom is -0.303 e. The Morgan fingerprint density at radius 3 is 2.47 bits per heavy atom. The van der Waals surface area contributed by atoms with Crippen molar-refractivity contribution in [1.29, 1.82) is 0 Å². The van der Waals surface area contributed by atoms with Gasteiger partial charge in [-0.15, -0.1) is 0 Å².